The number of aliphatic hydroxyl groups excluding tert-OH is 1. The summed E-state index contributed by atoms with van der Waals surface area (Å²) in [4.78, 5) is 44.1. The molecule has 2 atom stereocenters. The van der Waals surface area contributed by atoms with E-state index in [1.54, 1.807) is 30.3 Å². The fourth-order valence-corrected chi connectivity index (χ4v) is 5.05. The summed E-state index contributed by atoms with van der Waals surface area (Å²) in [5.74, 6) is -1.76. The highest BCUT2D eigenvalue weighted by atomic mass is 35.5. The average molecular weight is 677 g/mol. The minimum atomic E-state index is -1.74. The summed E-state index contributed by atoms with van der Waals surface area (Å²) in [7, 11) is 0. The molecular weight excluding hydrogens is 641 g/mol. The number of rotatable bonds is 14. The van der Waals surface area contributed by atoms with E-state index >= 15 is 0 Å². The van der Waals surface area contributed by atoms with E-state index in [0.29, 0.717) is 15.6 Å². The fourth-order valence-electron chi connectivity index (χ4n) is 4.66. The van der Waals surface area contributed by atoms with Crippen LogP contribution in [0.1, 0.15) is 55.1 Å². The van der Waals surface area contributed by atoms with Crippen LogP contribution < -0.4 is 10.3 Å². The molecule has 46 heavy (non-hydrogen) atoms. The van der Waals surface area contributed by atoms with Crippen LogP contribution in [0.2, 0.25) is 10.0 Å². The molecule has 0 aliphatic heterocycles. The highest BCUT2D eigenvalue weighted by Crippen LogP contribution is 2.31. The van der Waals surface area contributed by atoms with Gasteiger partial charge in [0.25, 0.3) is 5.91 Å². The van der Waals surface area contributed by atoms with Crippen molar-refractivity contribution in [3.63, 3.8) is 0 Å². The SMILES string of the molecule is C=CCOn1cc(C(=O)NN(Cc2ccc(-c3cc(Cl)ccc3Cl)cc2)C[C@@H](O)C(=O)OC(C)OC(=O)OC2CCCCC2)nn1. The van der Waals surface area contributed by atoms with Crippen molar-refractivity contribution in [2.24, 2.45) is 0 Å². The maximum absolute atomic E-state index is 13.0. The third-order valence-corrected chi connectivity index (χ3v) is 7.45. The number of aliphatic hydroxyl groups is 1. The number of nitrogens with zero attached hydrogens (tertiary/aromatic N) is 4. The molecule has 0 spiro atoms. The number of amides is 1. The zero-order valence-electron chi connectivity index (χ0n) is 25.1. The van der Waals surface area contributed by atoms with Gasteiger partial charge in [-0.3, -0.25) is 10.2 Å². The Morgan fingerprint density at radius 1 is 1.13 bits per heavy atom. The molecule has 0 radical (unpaired) electrons. The molecule has 1 saturated carbocycles. The Morgan fingerprint density at radius 2 is 1.87 bits per heavy atom. The number of esters is 1. The van der Waals surface area contributed by atoms with Gasteiger partial charge in [-0.1, -0.05) is 71.4 Å². The van der Waals surface area contributed by atoms with Crippen LogP contribution in [-0.2, 0) is 25.5 Å². The normalized spacial score (nSPS) is 14.6. The van der Waals surface area contributed by atoms with Crippen molar-refractivity contribution in [2.45, 2.75) is 64.1 Å². The lowest BCUT2D eigenvalue weighted by atomic mass is 9.98. The van der Waals surface area contributed by atoms with Crippen molar-refractivity contribution < 1.29 is 38.5 Å². The molecule has 2 N–H and O–H groups in total. The minimum absolute atomic E-state index is 0.0561. The van der Waals surface area contributed by atoms with E-state index in [-0.39, 0.29) is 24.9 Å². The quantitative estimate of drug-likeness (QED) is 0.105. The summed E-state index contributed by atoms with van der Waals surface area (Å²) in [6.07, 6.45) is 3.02. The van der Waals surface area contributed by atoms with Gasteiger partial charge in [0.05, 0.1) is 6.54 Å². The maximum Gasteiger partial charge on any atom is 0.511 e. The number of aromatic nitrogens is 3. The molecule has 13 nitrogen and oxygen atoms in total. The lowest BCUT2D eigenvalue weighted by Gasteiger charge is -2.26. The third kappa shape index (κ3) is 10.4. The molecule has 246 valence electrons. The first-order valence-electron chi connectivity index (χ1n) is 14.6. The summed E-state index contributed by atoms with van der Waals surface area (Å²) >= 11 is 12.5. The first-order chi connectivity index (χ1) is 22.1. The van der Waals surface area contributed by atoms with Gasteiger partial charge in [0.1, 0.15) is 18.9 Å². The fraction of sp³-hybridized carbons (Fsp3) is 0.387. The molecule has 1 aliphatic rings. The second-order valence-electron chi connectivity index (χ2n) is 10.5. The van der Waals surface area contributed by atoms with Gasteiger partial charge < -0.3 is 24.2 Å². The van der Waals surface area contributed by atoms with Crippen molar-refractivity contribution in [3.05, 3.63) is 82.6 Å². The van der Waals surface area contributed by atoms with Gasteiger partial charge in [0.15, 0.2) is 11.8 Å². The van der Waals surface area contributed by atoms with Crippen molar-refractivity contribution in [3.8, 4) is 11.1 Å². The van der Waals surface area contributed by atoms with Crippen LogP contribution >= 0.6 is 23.2 Å². The van der Waals surface area contributed by atoms with Crippen LogP contribution in [0.15, 0.2) is 61.3 Å². The number of ether oxygens (including phenoxy) is 3. The summed E-state index contributed by atoms with van der Waals surface area (Å²) in [6.45, 7) is 4.68. The van der Waals surface area contributed by atoms with E-state index in [2.05, 4.69) is 22.3 Å². The Balaban J connectivity index is 1.41. The van der Waals surface area contributed by atoms with Crippen LogP contribution in [0.4, 0.5) is 4.79 Å². The molecule has 1 aromatic heterocycles. The number of nitrogens with one attached hydrogen (secondary N) is 1. The Kier molecular flexibility index (Phi) is 12.8. The van der Waals surface area contributed by atoms with Gasteiger partial charge in [0.2, 0.25) is 6.29 Å². The van der Waals surface area contributed by atoms with Gasteiger partial charge >= 0.3 is 12.1 Å². The molecule has 0 saturated heterocycles. The Morgan fingerprint density at radius 3 is 2.59 bits per heavy atom. The molecule has 1 unspecified atom stereocenters. The Hall–Kier alpha value is -4.17. The average Bonchev–Trinajstić information content (AvgIpc) is 3.51. The van der Waals surface area contributed by atoms with E-state index in [0.717, 1.165) is 48.1 Å². The minimum Gasteiger partial charge on any atom is -0.431 e. The monoisotopic (exact) mass is 675 g/mol. The molecule has 1 amide bonds. The molecule has 15 heteroatoms. The van der Waals surface area contributed by atoms with E-state index in [1.807, 2.05) is 12.1 Å². The standard InChI is InChI=1S/C31H35Cl2N5O8/c1-3-15-43-38-18-27(34-36-38)29(40)35-37(17-21-9-11-22(12-10-21)25-16-23(32)13-14-26(25)33)19-28(39)30(41)44-20(2)45-31(42)46-24-7-5-4-6-8-24/h3,9-14,16,18,20,24,28,39H,1,4-8,15,17,19H2,2H3,(H,35,40)/t20?,28-/m1/s1. The molecular formula is C31H35Cl2N5O8. The first-order valence-corrected chi connectivity index (χ1v) is 15.4. The van der Waals surface area contributed by atoms with Crippen LogP contribution in [0, 0.1) is 0 Å². The summed E-state index contributed by atoms with van der Waals surface area (Å²) in [5, 5.41) is 20.6. The van der Waals surface area contributed by atoms with Crippen LogP contribution in [-0.4, -0.2) is 75.0 Å². The number of carbonyl (C=O) groups is 3. The first kappa shape index (κ1) is 34.7. The predicted octanol–water partition coefficient (Wildman–Crippen LogP) is 4.75. The van der Waals surface area contributed by atoms with E-state index in [1.165, 1.54) is 24.2 Å². The molecule has 4 rings (SSSR count). The molecule has 1 heterocycles. The highest BCUT2D eigenvalue weighted by molar-refractivity contribution is 6.35. The molecule has 3 aromatic rings. The lowest BCUT2D eigenvalue weighted by Crippen LogP contribution is -2.48. The van der Waals surface area contributed by atoms with Gasteiger partial charge in [-0.15, -0.1) is 5.10 Å². The predicted molar refractivity (Wildman–Crippen MR) is 167 cm³/mol. The number of carbonyl (C=O) groups excluding carboxylic acids is 3. The number of hydrogen-bond donors (Lipinski definition) is 2. The summed E-state index contributed by atoms with van der Waals surface area (Å²) < 4.78 is 15.4. The molecule has 1 fully saturated rings. The van der Waals surface area contributed by atoms with Crippen molar-refractivity contribution >= 4 is 41.2 Å². The zero-order chi connectivity index (χ0) is 33.1. The van der Waals surface area contributed by atoms with Crippen LogP contribution in [0.25, 0.3) is 11.1 Å². The highest BCUT2D eigenvalue weighted by Gasteiger charge is 2.27. The third-order valence-electron chi connectivity index (χ3n) is 6.88. The van der Waals surface area contributed by atoms with Gasteiger partial charge in [-0.25, -0.2) is 14.6 Å². The lowest BCUT2D eigenvalue weighted by molar-refractivity contribution is -0.179. The van der Waals surface area contributed by atoms with E-state index in [4.69, 9.17) is 42.3 Å². The number of halogens is 2. The topological polar surface area (TPSA) is 154 Å². The Labute approximate surface area is 275 Å². The molecule has 1 aliphatic carbocycles. The molecule has 2 aromatic carbocycles. The van der Waals surface area contributed by atoms with Crippen molar-refractivity contribution in [1.82, 2.24) is 25.6 Å². The van der Waals surface area contributed by atoms with Gasteiger partial charge in [-0.2, -0.15) is 0 Å². The number of hydrazine groups is 1. The summed E-state index contributed by atoms with van der Waals surface area (Å²) in [6, 6.07) is 12.4. The van der Waals surface area contributed by atoms with Gasteiger partial charge in [0, 0.05) is 29.1 Å². The van der Waals surface area contributed by atoms with Crippen LogP contribution in [0.3, 0.4) is 0 Å². The van der Waals surface area contributed by atoms with E-state index < -0.39 is 37.0 Å². The second kappa shape index (κ2) is 16.9. The van der Waals surface area contributed by atoms with Crippen molar-refractivity contribution in [2.75, 3.05) is 13.2 Å². The zero-order valence-corrected chi connectivity index (χ0v) is 26.7. The number of hydrogen-bond acceptors (Lipinski definition) is 11. The van der Waals surface area contributed by atoms with Crippen molar-refractivity contribution in [1.29, 1.82) is 0 Å². The molecule has 0 bridgehead atoms. The smallest absolute Gasteiger partial charge is 0.431 e. The van der Waals surface area contributed by atoms with Gasteiger partial charge in [-0.05, 0) is 60.2 Å². The van der Waals surface area contributed by atoms with E-state index in [9.17, 15) is 19.5 Å². The Bertz CT molecular complexity index is 1500. The summed E-state index contributed by atoms with van der Waals surface area (Å²) in [5.41, 5.74) is 4.79. The maximum atomic E-state index is 13.0. The largest absolute Gasteiger partial charge is 0.511 e. The second-order valence-corrected chi connectivity index (χ2v) is 11.3. The number of benzene rings is 2. The van der Waals surface area contributed by atoms with Crippen LogP contribution in [0.5, 0.6) is 0 Å².